The Morgan fingerprint density at radius 2 is 0.962 bits per heavy atom. The molecular formula is C42H38N6O4. The van der Waals surface area contributed by atoms with Crippen molar-refractivity contribution >= 4 is 69.0 Å². The first-order valence-electron chi connectivity index (χ1n) is 17.7. The van der Waals surface area contributed by atoms with E-state index in [1.807, 2.05) is 109 Å². The van der Waals surface area contributed by atoms with Gasteiger partial charge in [0.2, 0.25) is 11.8 Å². The zero-order valence-corrected chi connectivity index (χ0v) is 28.5. The number of para-hydroxylation sites is 2. The Hall–Kier alpha value is -6.42. The number of H-pyrrole nitrogens is 2. The highest BCUT2D eigenvalue weighted by molar-refractivity contribution is 6.10. The minimum atomic E-state index is -0.529. The van der Waals surface area contributed by atoms with Crippen LogP contribution in [0.25, 0.3) is 34.0 Å². The number of nitrogens with zero attached hydrogens (tertiary/aromatic N) is 2. The number of rotatable bonds is 8. The van der Waals surface area contributed by atoms with E-state index in [1.54, 1.807) is 22.2 Å². The summed E-state index contributed by atoms with van der Waals surface area (Å²) in [6, 6.07) is 29.4. The molecule has 0 unspecified atom stereocenters. The topological polar surface area (TPSA) is 130 Å². The third-order valence-electron chi connectivity index (χ3n) is 10.1. The molecule has 2 fully saturated rings. The minimum Gasteiger partial charge on any atom is -0.360 e. The summed E-state index contributed by atoms with van der Waals surface area (Å²) < 4.78 is 0. The van der Waals surface area contributed by atoms with Gasteiger partial charge in [-0.2, -0.15) is 0 Å². The zero-order valence-electron chi connectivity index (χ0n) is 28.5. The summed E-state index contributed by atoms with van der Waals surface area (Å²) >= 11 is 0. The fourth-order valence-electron chi connectivity index (χ4n) is 7.37. The number of amides is 4. The molecule has 4 heterocycles. The van der Waals surface area contributed by atoms with Gasteiger partial charge >= 0.3 is 0 Å². The molecule has 2 saturated heterocycles. The number of hydrogen-bond donors (Lipinski definition) is 4. The molecular weight excluding hydrogens is 652 g/mol. The molecule has 10 nitrogen and oxygen atoms in total. The molecule has 52 heavy (non-hydrogen) atoms. The number of likely N-dealkylation sites (tertiary alicyclic amines) is 2. The first-order valence-corrected chi connectivity index (χ1v) is 17.7. The normalized spacial score (nSPS) is 17.3. The van der Waals surface area contributed by atoms with Crippen molar-refractivity contribution in [3.8, 4) is 0 Å². The average Bonchev–Trinajstić information content (AvgIpc) is 4.00. The maximum atomic E-state index is 13.4. The monoisotopic (exact) mass is 690 g/mol. The van der Waals surface area contributed by atoms with E-state index in [9.17, 15) is 19.2 Å². The maximum Gasteiger partial charge on any atom is 0.256 e. The van der Waals surface area contributed by atoms with Gasteiger partial charge in [-0.15, -0.1) is 0 Å². The standard InChI is InChI=1S/C42H38N6O4/c49-39(37-11-5-23-47(37)41(51)33-25-43-35-9-3-1-7-31(33)35)45-29-19-15-27(16-20-29)13-14-28-17-21-30(22-18-28)46-40(50)38-12-6-24-48(38)42(52)34-26-44-36-10-4-2-8-32(34)36/h1-4,7-10,13-22,25-26,37-38,43-44H,5-6,11-12,23-24H2,(H,45,49)(H,46,50)/t37-,38-/m0/s1. The number of nitrogens with one attached hydrogen (secondary N) is 4. The van der Waals surface area contributed by atoms with Crippen molar-refractivity contribution in [3.63, 3.8) is 0 Å². The van der Waals surface area contributed by atoms with E-state index in [1.165, 1.54) is 0 Å². The van der Waals surface area contributed by atoms with Crippen molar-refractivity contribution in [1.82, 2.24) is 19.8 Å². The molecule has 2 aliphatic rings. The molecule has 0 saturated carbocycles. The SMILES string of the molecule is O=C(Nc1ccc(C=Cc2ccc(NC(=O)[C@@H]3CCCN3C(=O)c3c[nH]c4ccccc34)cc2)cc1)[C@@H]1CCCN1C(=O)c1c[nH]c2ccccc12. The molecule has 4 aromatic carbocycles. The number of aromatic nitrogens is 2. The Balaban J connectivity index is 0.852. The molecule has 2 aliphatic heterocycles. The summed E-state index contributed by atoms with van der Waals surface area (Å²) in [4.78, 5) is 63.1. The van der Waals surface area contributed by atoms with Crippen molar-refractivity contribution in [2.24, 2.45) is 0 Å². The van der Waals surface area contributed by atoms with Crippen molar-refractivity contribution in [2.45, 2.75) is 37.8 Å². The first kappa shape index (κ1) is 32.8. The van der Waals surface area contributed by atoms with Gasteiger partial charge < -0.3 is 30.4 Å². The summed E-state index contributed by atoms with van der Waals surface area (Å²) in [5.74, 6) is -0.661. The van der Waals surface area contributed by atoms with Crippen LogP contribution in [0.15, 0.2) is 109 Å². The van der Waals surface area contributed by atoms with Crippen LogP contribution in [-0.2, 0) is 9.59 Å². The number of benzene rings is 4. The van der Waals surface area contributed by atoms with Crippen molar-refractivity contribution in [2.75, 3.05) is 23.7 Å². The van der Waals surface area contributed by atoms with Crippen molar-refractivity contribution in [1.29, 1.82) is 0 Å². The van der Waals surface area contributed by atoms with Gasteiger partial charge in [0.15, 0.2) is 0 Å². The lowest BCUT2D eigenvalue weighted by molar-refractivity contribution is -0.120. The molecule has 4 amide bonds. The molecule has 6 aromatic rings. The lowest BCUT2D eigenvalue weighted by Gasteiger charge is -2.24. The van der Waals surface area contributed by atoms with Crippen LogP contribution in [0, 0.1) is 0 Å². The quantitative estimate of drug-likeness (QED) is 0.125. The lowest BCUT2D eigenvalue weighted by Crippen LogP contribution is -2.43. The van der Waals surface area contributed by atoms with E-state index in [-0.39, 0.29) is 23.6 Å². The lowest BCUT2D eigenvalue weighted by atomic mass is 10.1. The van der Waals surface area contributed by atoms with Gasteiger partial charge in [0.1, 0.15) is 12.1 Å². The van der Waals surface area contributed by atoms with Crippen LogP contribution < -0.4 is 10.6 Å². The van der Waals surface area contributed by atoms with Crippen LogP contribution in [0.4, 0.5) is 11.4 Å². The van der Waals surface area contributed by atoms with Gasteiger partial charge in [-0.1, -0.05) is 72.8 Å². The molecule has 10 heteroatoms. The van der Waals surface area contributed by atoms with Gasteiger partial charge in [-0.3, -0.25) is 19.2 Å². The van der Waals surface area contributed by atoms with E-state index in [2.05, 4.69) is 20.6 Å². The average molecular weight is 691 g/mol. The van der Waals surface area contributed by atoms with Gasteiger partial charge in [-0.05, 0) is 73.2 Å². The summed E-state index contributed by atoms with van der Waals surface area (Å²) in [6.07, 6.45) is 10.2. The summed E-state index contributed by atoms with van der Waals surface area (Å²) in [5.41, 5.74) is 6.18. The fraction of sp³-hybridized carbons (Fsp3) is 0.190. The number of aromatic amines is 2. The molecule has 2 atom stereocenters. The summed E-state index contributed by atoms with van der Waals surface area (Å²) in [7, 11) is 0. The van der Waals surface area contributed by atoms with Crippen molar-refractivity contribution in [3.05, 3.63) is 132 Å². The van der Waals surface area contributed by atoms with Crippen LogP contribution in [0.1, 0.15) is 57.5 Å². The highest BCUT2D eigenvalue weighted by Crippen LogP contribution is 2.28. The van der Waals surface area contributed by atoms with Gasteiger partial charge in [0.05, 0.1) is 11.1 Å². The molecule has 0 aliphatic carbocycles. The molecule has 0 spiro atoms. The molecule has 8 rings (SSSR count). The largest absolute Gasteiger partial charge is 0.360 e. The van der Waals surface area contributed by atoms with Crippen LogP contribution in [0.3, 0.4) is 0 Å². The van der Waals surface area contributed by atoms with Crippen LogP contribution >= 0.6 is 0 Å². The van der Waals surface area contributed by atoms with E-state index >= 15 is 0 Å². The predicted molar refractivity (Wildman–Crippen MR) is 204 cm³/mol. The maximum absolute atomic E-state index is 13.4. The second kappa shape index (κ2) is 14.1. The van der Waals surface area contributed by atoms with E-state index in [4.69, 9.17) is 0 Å². The molecule has 0 bridgehead atoms. The highest BCUT2D eigenvalue weighted by atomic mass is 16.2. The second-order valence-electron chi connectivity index (χ2n) is 13.4. The third-order valence-corrected chi connectivity index (χ3v) is 10.1. The van der Waals surface area contributed by atoms with Crippen LogP contribution in [0.2, 0.25) is 0 Å². The van der Waals surface area contributed by atoms with Gasteiger partial charge in [0, 0.05) is 58.7 Å². The Labute approximate surface area is 300 Å². The molecule has 260 valence electrons. The zero-order chi connectivity index (χ0) is 35.6. The first-order chi connectivity index (χ1) is 25.4. The fourth-order valence-corrected chi connectivity index (χ4v) is 7.37. The second-order valence-corrected chi connectivity index (χ2v) is 13.4. The van der Waals surface area contributed by atoms with E-state index < -0.39 is 12.1 Å². The van der Waals surface area contributed by atoms with Crippen molar-refractivity contribution < 1.29 is 19.2 Å². The number of fused-ring (bicyclic) bond motifs is 2. The smallest absolute Gasteiger partial charge is 0.256 e. The Bertz CT molecular complexity index is 2160. The van der Waals surface area contributed by atoms with Gasteiger partial charge in [-0.25, -0.2) is 0 Å². The van der Waals surface area contributed by atoms with Crippen LogP contribution in [-0.4, -0.2) is 68.6 Å². The third kappa shape index (κ3) is 6.46. The number of carbonyl (C=O) groups is 4. The number of hydrogen-bond acceptors (Lipinski definition) is 4. The van der Waals surface area contributed by atoms with E-state index in [0.29, 0.717) is 48.4 Å². The Morgan fingerprint density at radius 3 is 1.38 bits per heavy atom. The Kier molecular flexibility index (Phi) is 8.86. The highest BCUT2D eigenvalue weighted by Gasteiger charge is 2.36. The molecule has 4 N–H and O–H groups in total. The number of anilines is 2. The van der Waals surface area contributed by atoms with E-state index in [0.717, 1.165) is 45.8 Å². The minimum absolute atomic E-state index is 0.139. The summed E-state index contributed by atoms with van der Waals surface area (Å²) in [6.45, 7) is 1.08. The van der Waals surface area contributed by atoms with Crippen LogP contribution in [0.5, 0.6) is 0 Å². The number of carbonyl (C=O) groups excluding carboxylic acids is 4. The molecule has 0 radical (unpaired) electrons. The Morgan fingerprint density at radius 1 is 0.558 bits per heavy atom. The van der Waals surface area contributed by atoms with Gasteiger partial charge in [0.25, 0.3) is 11.8 Å². The summed E-state index contributed by atoms with van der Waals surface area (Å²) in [5, 5.41) is 7.70. The molecule has 2 aromatic heterocycles. The predicted octanol–water partition coefficient (Wildman–Crippen LogP) is 7.31.